The second-order valence-electron chi connectivity index (χ2n) is 5.13. The molecule has 1 aromatic rings. The van der Waals surface area contributed by atoms with Crippen molar-refractivity contribution in [2.45, 2.75) is 43.9 Å². The molecule has 0 amide bonds. The summed E-state index contributed by atoms with van der Waals surface area (Å²) in [4.78, 5) is 0. The van der Waals surface area contributed by atoms with Crippen molar-refractivity contribution in [3.8, 4) is 0 Å². The Labute approximate surface area is 94.8 Å². The second-order valence-corrected chi connectivity index (χ2v) is 5.39. The molecule has 0 N–H and O–H groups in total. The van der Waals surface area contributed by atoms with Crippen LogP contribution in [0.2, 0.25) is 0 Å². The molecule has 0 aliphatic heterocycles. The third-order valence-corrected chi connectivity index (χ3v) is 4.50. The van der Waals surface area contributed by atoms with Crippen LogP contribution in [0.5, 0.6) is 0 Å². The lowest BCUT2D eigenvalue weighted by molar-refractivity contribution is 0.00509. The van der Waals surface area contributed by atoms with Crippen molar-refractivity contribution in [3.63, 3.8) is 0 Å². The Bertz CT molecular complexity index is 373. The van der Waals surface area contributed by atoms with Crippen LogP contribution in [0.25, 0.3) is 0 Å². The Hall–Kier alpha value is -0.570. The van der Waals surface area contributed by atoms with Crippen LogP contribution in [0, 0.1) is 5.41 Å². The molecular formula is C11H16ClN3. The summed E-state index contributed by atoms with van der Waals surface area (Å²) in [5.41, 5.74) is 0.706. The lowest BCUT2D eigenvalue weighted by atomic mass is 9.51. The molecule has 3 rings (SSSR count). The molecule has 0 radical (unpaired) electrons. The molecule has 1 spiro atoms. The van der Waals surface area contributed by atoms with Gasteiger partial charge in [-0.1, -0.05) is 6.42 Å². The fraction of sp³-hybridized carbons (Fsp3) is 0.818. The van der Waals surface area contributed by atoms with E-state index < -0.39 is 0 Å². The smallest absolute Gasteiger partial charge is 0.147 e. The molecule has 3 nitrogen and oxygen atoms in total. The highest BCUT2D eigenvalue weighted by molar-refractivity contribution is 6.16. The highest BCUT2D eigenvalue weighted by Gasteiger charge is 2.49. The fourth-order valence-corrected chi connectivity index (χ4v) is 3.33. The standard InChI is InChI=1S/C11H16ClN3/c1-15-9(7-12)13-14-10(15)8-5-11(6-8)3-2-4-11/h8H,2-7H2,1H3. The van der Waals surface area contributed by atoms with Crippen LogP contribution in [0.1, 0.15) is 49.7 Å². The molecule has 0 saturated heterocycles. The summed E-state index contributed by atoms with van der Waals surface area (Å²) in [7, 11) is 2.03. The summed E-state index contributed by atoms with van der Waals surface area (Å²) in [5.74, 6) is 3.13. The van der Waals surface area contributed by atoms with Gasteiger partial charge in [-0.25, -0.2) is 0 Å². The summed E-state index contributed by atoms with van der Waals surface area (Å²) in [6.07, 6.45) is 6.94. The van der Waals surface area contributed by atoms with E-state index in [1.807, 2.05) is 7.05 Å². The van der Waals surface area contributed by atoms with Crippen molar-refractivity contribution >= 4 is 11.6 Å². The van der Waals surface area contributed by atoms with Crippen molar-refractivity contribution in [1.82, 2.24) is 14.8 Å². The van der Waals surface area contributed by atoms with Crippen LogP contribution in [-0.2, 0) is 12.9 Å². The highest BCUT2D eigenvalue weighted by Crippen LogP contribution is 2.61. The number of halogens is 1. The molecule has 0 atom stereocenters. The molecule has 2 fully saturated rings. The molecule has 0 unspecified atom stereocenters. The quantitative estimate of drug-likeness (QED) is 0.725. The van der Waals surface area contributed by atoms with Crippen LogP contribution in [0.15, 0.2) is 0 Å². The average Bonchev–Trinajstić information content (AvgIpc) is 2.43. The van der Waals surface area contributed by atoms with E-state index in [0.29, 0.717) is 17.2 Å². The summed E-state index contributed by atoms with van der Waals surface area (Å²) < 4.78 is 2.07. The lowest BCUT2D eigenvalue weighted by Crippen LogP contribution is -2.42. The van der Waals surface area contributed by atoms with E-state index in [9.17, 15) is 0 Å². The SMILES string of the molecule is Cn1c(CCl)nnc1C1CC2(CCC2)C1. The first-order chi connectivity index (χ1) is 7.24. The van der Waals surface area contributed by atoms with Crippen LogP contribution in [0.3, 0.4) is 0 Å². The predicted molar refractivity (Wildman–Crippen MR) is 58.8 cm³/mol. The largest absolute Gasteiger partial charge is 0.317 e. The van der Waals surface area contributed by atoms with E-state index >= 15 is 0 Å². The first kappa shape index (κ1) is 9.64. The number of nitrogens with zero attached hydrogens (tertiary/aromatic N) is 3. The molecule has 82 valence electrons. The summed E-state index contributed by atoms with van der Waals surface area (Å²) >= 11 is 5.78. The summed E-state index contributed by atoms with van der Waals surface area (Å²) in [6.45, 7) is 0. The van der Waals surface area contributed by atoms with Crippen molar-refractivity contribution in [2.75, 3.05) is 0 Å². The predicted octanol–water partition coefficient (Wildman–Crippen LogP) is 2.60. The number of hydrogen-bond donors (Lipinski definition) is 0. The molecule has 1 aromatic heterocycles. The molecule has 2 aliphatic rings. The monoisotopic (exact) mass is 225 g/mol. The van der Waals surface area contributed by atoms with Crippen LogP contribution in [0.4, 0.5) is 0 Å². The molecule has 4 heteroatoms. The maximum Gasteiger partial charge on any atom is 0.147 e. The third-order valence-electron chi connectivity index (χ3n) is 4.26. The van der Waals surface area contributed by atoms with Crippen LogP contribution < -0.4 is 0 Å². The van der Waals surface area contributed by atoms with Crippen molar-refractivity contribution < 1.29 is 0 Å². The van der Waals surface area contributed by atoms with Gasteiger partial charge in [-0.15, -0.1) is 21.8 Å². The molecule has 1 heterocycles. The second kappa shape index (κ2) is 3.21. The van der Waals surface area contributed by atoms with Gasteiger partial charge in [0.15, 0.2) is 0 Å². The first-order valence-electron chi connectivity index (χ1n) is 5.68. The molecule has 0 aromatic carbocycles. The molecule has 15 heavy (non-hydrogen) atoms. The molecule has 2 saturated carbocycles. The van der Waals surface area contributed by atoms with Crippen molar-refractivity contribution in [1.29, 1.82) is 0 Å². The van der Waals surface area contributed by atoms with Gasteiger partial charge in [-0.2, -0.15) is 0 Å². The Morgan fingerprint density at radius 3 is 2.60 bits per heavy atom. The third kappa shape index (κ3) is 1.32. The van der Waals surface area contributed by atoms with Gasteiger partial charge < -0.3 is 4.57 Å². The molecule has 0 bridgehead atoms. The summed E-state index contributed by atoms with van der Waals surface area (Å²) in [6, 6.07) is 0. The van der Waals surface area contributed by atoms with Gasteiger partial charge in [-0.05, 0) is 31.1 Å². The summed E-state index contributed by atoms with van der Waals surface area (Å²) in [5, 5.41) is 8.37. The normalized spacial score (nSPS) is 23.9. The van der Waals surface area contributed by atoms with Gasteiger partial charge in [0.05, 0.1) is 5.88 Å². The fourth-order valence-electron chi connectivity index (χ4n) is 3.10. The number of aromatic nitrogens is 3. The Morgan fingerprint density at radius 1 is 1.40 bits per heavy atom. The topological polar surface area (TPSA) is 30.7 Å². The van der Waals surface area contributed by atoms with Gasteiger partial charge in [-0.3, -0.25) is 0 Å². The first-order valence-corrected chi connectivity index (χ1v) is 6.22. The van der Waals surface area contributed by atoms with Crippen molar-refractivity contribution in [3.05, 3.63) is 11.6 Å². The van der Waals surface area contributed by atoms with E-state index in [2.05, 4.69) is 14.8 Å². The Kier molecular flexibility index (Phi) is 2.06. The molecular weight excluding hydrogens is 210 g/mol. The van der Waals surface area contributed by atoms with Crippen molar-refractivity contribution in [2.24, 2.45) is 12.5 Å². The Morgan fingerprint density at radius 2 is 2.13 bits per heavy atom. The zero-order chi connectivity index (χ0) is 10.5. The average molecular weight is 226 g/mol. The van der Waals surface area contributed by atoms with Gasteiger partial charge >= 0.3 is 0 Å². The number of hydrogen-bond acceptors (Lipinski definition) is 2. The molecule has 2 aliphatic carbocycles. The van der Waals surface area contributed by atoms with E-state index in [-0.39, 0.29) is 0 Å². The minimum atomic E-state index is 0.460. The van der Waals surface area contributed by atoms with E-state index in [1.54, 1.807) is 0 Å². The minimum absolute atomic E-state index is 0.460. The van der Waals surface area contributed by atoms with Gasteiger partial charge in [0.25, 0.3) is 0 Å². The van der Waals surface area contributed by atoms with E-state index in [1.165, 1.54) is 32.1 Å². The lowest BCUT2D eigenvalue weighted by Gasteiger charge is -2.53. The zero-order valence-corrected chi connectivity index (χ0v) is 9.80. The van der Waals surface area contributed by atoms with E-state index in [4.69, 9.17) is 11.6 Å². The Balaban J connectivity index is 1.75. The maximum absolute atomic E-state index is 5.78. The zero-order valence-electron chi connectivity index (χ0n) is 9.04. The van der Waals surface area contributed by atoms with Gasteiger partial charge in [0.2, 0.25) is 0 Å². The maximum atomic E-state index is 5.78. The highest BCUT2D eigenvalue weighted by atomic mass is 35.5. The minimum Gasteiger partial charge on any atom is -0.317 e. The number of alkyl halides is 1. The number of rotatable bonds is 2. The van der Waals surface area contributed by atoms with E-state index in [0.717, 1.165) is 11.6 Å². The van der Waals surface area contributed by atoms with Crippen LogP contribution in [-0.4, -0.2) is 14.8 Å². The van der Waals surface area contributed by atoms with Gasteiger partial charge in [0.1, 0.15) is 11.6 Å². The van der Waals surface area contributed by atoms with Crippen LogP contribution >= 0.6 is 11.6 Å². The van der Waals surface area contributed by atoms with Gasteiger partial charge in [0, 0.05) is 13.0 Å².